The van der Waals surface area contributed by atoms with Crippen molar-refractivity contribution < 1.29 is 0 Å². The van der Waals surface area contributed by atoms with Gasteiger partial charge in [-0.3, -0.25) is 0 Å². The molecule has 0 aliphatic heterocycles. The fourth-order valence-corrected chi connectivity index (χ4v) is 2.32. The number of nitriles is 1. The van der Waals surface area contributed by atoms with Crippen molar-refractivity contribution in [3.05, 3.63) is 35.4 Å². The van der Waals surface area contributed by atoms with E-state index in [0.717, 1.165) is 11.5 Å². The minimum Gasteiger partial charge on any atom is -0.308 e. The van der Waals surface area contributed by atoms with Gasteiger partial charge in [-0.1, -0.05) is 38.8 Å². The van der Waals surface area contributed by atoms with Gasteiger partial charge in [0, 0.05) is 12.1 Å². The van der Waals surface area contributed by atoms with E-state index in [0.29, 0.717) is 12.1 Å². The van der Waals surface area contributed by atoms with Crippen molar-refractivity contribution in [3.8, 4) is 6.07 Å². The molecule has 104 valence electrons. The Kier molecular flexibility index (Phi) is 6.59. The number of hydrogen-bond donors (Lipinski definition) is 1. The average molecular weight is 258 g/mol. The van der Waals surface area contributed by atoms with Crippen LogP contribution in [0, 0.1) is 17.2 Å². The van der Waals surface area contributed by atoms with Gasteiger partial charge >= 0.3 is 0 Å². The molecule has 2 atom stereocenters. The van der Waals surface area contributed by atoms with Crippen molar-refractivity contribution in [2.24, 2.45) is 5.92 Å². The summed E-state index contributed by atoms with van der Waals surface area (Å²) >= 11 is 0. The minimum absolute atomic E-state index is 0.294. The van der Waals surface area contributed by atoms with Crippen LogP contribution in [0.1, 0.15) is 64.1 Å². The molecule has 0 aromatic heterocycles. The lowest BCUT2D eigenvalue weighted by Crippen LogP contribution is -2.29. The number of rotatable bonds is 7. The van der Waals surface area contributed by atoms with E-state index in [1.165, 1.54) is 24.8 Å². The van der Waals surface area contributed by atoms with E-state index in [2.05, 4.69) is 45.1 Å². The molecule has 0 radical (unpaired) electrons. The van der Waals surface area contributed by atoms with Crippen molar-refractivity contribution in [2.45, 2.75) is 59.0 Å². The molecule has 1 N–H and O–H groups in total. The van der Waals surface area contributed by atoms with Gasteiger partial charge in [-0.05, 0) is 43.9 Å². The van der Waals surface area contributed by atoms with Crippen molar-refractivity contribution in [2.75, 3.05) is 0 Å². The van der Waals surface area contributed by atoms with Crippen LogP contribution in [-0.2, 0) is 0 Å². The Morgan fingerprint density at radius 2 is 1.89 bits per heavy atom. The van der Waals surface area contributed by atoms with Crippen LogP contribution in [0.25, 0.3) is 0 Å². The van der Waals surface area contributed by atoms with Crippen LogP contribution in [0.3, 0.4) is 0 Å². The van der Waals surface area contributed by atoms with Gasteiger partial charge in [0.2, 0.25) is 0 Å². The molecule has 0 saturated heterocycles. The van der Waals surface area contributed by atoms with Crippen molar-refractivity contribution in [1.82, 2.24) is 5.32 Å². The molecule has 0 spiro atoms. The van der Waals surface area contributed by atoms with E-state index in [4.69, 9.17) is 5.26 Å². The van der Waals surface area contributed by atoms with E-state index in [1.807, 2.05) is 18.2 Å². The van der Waals surface area contributed by atoms with E-state index >= 15 is 0 Å². The summed E-state index contributed by atoms with van der Waals surface area (Å²) in [5, 5.41) is 12.5. The topological polar surface area (TPSA) is 35.8 Å². The molecule has 2 heteroatoms. The molecule has 1 aromatic carbocycles. The second-order valence-corrected chi connectivity index (χ2v) is 5.85. The summed E-state index contributed by atoms with van der Waals surface area (Å²) in [6.45, 7) is 8.95. The van der Waals surface area contributed by atoms with Crippen LogP contribution in [0.15, 0.2) is 24.3 Å². The van der Waals surface area contributed by atoms with Crippen molar-refractivity contribution in [3.63, 3.8) is 0 Å². The number of nitrogens with one attached hydrogen (secondary N) is 1. The van der Waals surface area contributed by atoms with Crippen LogP contribution >= 0.6 is 0 Å². The van der Waals surface area contributed by atoms with Crippen LogP contribution < -0.4 is 5.32 Å². The lowest BCUT2D eigenvalue weighted by molar-refractivity contribution is 0.424. The lowest BCUT2D eigenvalue weighted by Gasteiger charge is -2.21. The van der Waals surface area contributed by atoms with Gasteiger partial charge in [0.05, 0.1) is 11.6 Å². The monoisotopic (exact) mass is 258 g/mol. The summed E-state index contributed by atoms with van der Waals surface area (Å²) in [4.78, 5) is 0. The minimum atomic E-state index is 0.294. The summed E-state index contributed by atoms with van der Waals surface area (Å²) in [5.41, 5.74) is 1.92. The van der Waals surface area contributed by atoms with Gasteiger partial charge in [-0.25, -0.2) is 0 Å². The van der Waals surface area contributed by atoms with E-state index in [9.17, 15) is 0 Å². The highest BCUT2D eigenvalue weighted by atomic mass is 14.9. The molecule has 1 aromatic rings. The zero-order chi connectivity index (χ0) is 14.3. The molecule has 0 fully saturated rings. The highest BCUT2D eigenvalue weighted by molar-refractivity contribution is 5.34. The van der Waals surface area contributed by atoms with E-state index < -0.39 is 0 Å². The molecule has 0 aliphatic carbocycles. The molecule has 2 nitrogen and oxygen atoms in total. The third-order valence-corrected chi connectivity index (χ3v) is 3.47. The molecule has 19 heavy (non-hydrogen) atoms. The Bertz CT molecular complexity index is 418. The second-order valence-electron chi connectivity index (χ2n) is 5.85. The molecule has 0 amide bonds. The first-order valence-electron chi connectivity index (χ1n) is 7.29. The van der Waals surface area contributed by atoms with Gasteiger partial charge in [0.25, 0.3) is 0 Å². The molecular weight excluding hydrogens is 232 g/mol. The highest BCUT2D eigenvalue weighted by Gasteiger charge is 2.10. The maximum absolute atomic E-state index is 8.92. The lowest BCUT2D eigenvalue weighted by atomic mass is 10.0. The second kappa shape index (κ2) is 7.96. The van der Waals surface area contributed by atoms with Crippen LogP contribution in [0.4, 0.5) is 0 Å². The molecular formula is C17H26N2. The summed E-state index contributed by atoms with van der Waals surface area (Å²) in [7, 11) is 0. The standard InChI is InChI=1S/C17H26N2/c1-13(2)7-5-8-14(3)19-15(4)17-10-6-9-16(11-17)12-18/h6,9-11,13-15,19H,5,7-8H2,1-4H3. The molecule has 0 heterocycles. The summed E-state index contributed by atoms with van der Waals surface area (Å²) in [6, 6.07) is 10.9. The Labute approximate surface area is 117 Å². The zero-order valence-corrected chi connectivity index (χ0v) is 12.6. The van der Waals surface area contributed by atoms with Gasteiger partial charge in [0.1, 0.15) is 0 Å². The highest BCUT2D eigenvalue weighted by Crippen LogP contribution is 2.16. The summed E-state index contributed by atoms with van der Waals surface area (Å²) in [6.07, 6.45) is 3.78. The predicted octanol–water partition coefficient (Wildman–Crippen LogP) is 4.42. The SMILES string of the molecule is CC(C)CCCC(C)NC(C)c1cccc(C#N)c1. The Morgan fingerprint density at radius 1 is 1.16 bits per heavy atom. The largest absolute Gasteiger partial charge is 0.308 e. The third kappa shape index (κ3) is 5.89. The fourth-order valence-electron chi connectivity index (χ4n) is 2.32. The van der Waals surface area contributed by atoms with Crippen LogP contribution in [0.5, 0.6) is 0 Å². The van der Waals surface area contributed by atoms with Crippen molar-refractivity contribution >= 4 is 0 Å². The van der Waals surface area contributed by atoms with Gasteiger partial charge < -0.3 is 5.32 Å². The first-order valence-corrected chi connectivity index (χ1v) is 7.29. The quantitative estimate of drug-likeness (QED) is 0.785. The zero-order valence-electron chi connectivity index (χ0n) is 12.6. The van der Waals surface area contributed by atoms with Crippen LogP contribution in [0.2, 0.25) is 0 Å². The van der Waals surface area contributed by atoms with Gasteiger partial charge in [-0.2, -0.15) is 5.26 Å². The Hall–Kier alpha value is -1.33. The maximum Gasteiger partial charge on any atom is 0.0991 e. The number of hydrogen-bond acceptors (Lipinski definition) is 2. The molecule has 0 aliphatic rings. The first kappa shape index (κ1) is 15.7. The molecule has 2 unspecified atom stereocenters. The van der Waals surface area contributed by atoms with Crippen molar-refractivity contribution in [1.29, 1.82) is 5.26 Å². The average Bonchev–Trinajstić information content (AvgIpc) is 2.38. The molecule has 0 bridgehead atoms. The summed E-state index contributed by atoms with van der Waals surface area (Å²) in [5.74, 6) is 0.789. The van der Waals surface area contributed by atoms with Gasteiger partial charge in [0.15, 0.2) is 0 Å². The summed E-state index contributed by atoms with van der Waals surface area (Å²) < 4.78 is 0. The van der Waals surface area contributed by atoms with Crippen LogP contribution in [-0.4, -0.2) is 6.04 Å². The molecule has 1 rings (SSSR count). The van der Waals surface area contributed by atoms with E-state index in [-0.39, 0.29) is 0 Å². The predicted molar refractivity (Wildman–Crippen MR) is 80.9 cm³/mol. The smallest absolute Gasteiger partial charge is 0.0991 e. The molecule has 0 saturated carbocycles. The Balaban J connectivity index is 2.45. The van der Waals surface area contributed by atoms with Gasteiger partial charge in [-0.15, -0.1) is 0 Å². The number of nitrogens with zero attached hydrogens (tertiary/aromatic N) is 1. The fraction of sp³-hybridized carbons (Fsp3) is 0.588. The third-order valence-electron chi connectivity index (χ3n) is 3.47. The van der Waals surface area contributed by atoms with E-state index in [1.54, 1.807) is 0 Å². The Morgan fingerprint density at radius 3 is 2.53 bits per heavy atom. The maximum atomic E-state index is 8.92. The number of benzene rings is 1. The normalized spacial score (nSPS) is 14.1. The first-order chi connectivity index (χ1) is 9.02.